The molecule has 0 aliphatic carbocycles. The first-order valence-electron chi connectivity index (χ1n) is 4.26. The van der Waals surface area contributed by atoms with Gasteiger partial charge in [0, 0.05) is 18.3 Å². The smallest absolute Gasteiger partial charge is 0.107 e. The number of thioether (sulfide) groups is 1. The lowest BCUT2D eigenvalue weighted by atomic mass is 10.3. The third kappa shape index (κ3) is 3.07. The quantitative estimate of drug-likeness (QED) is 0.863. The first-order valence-corrected chi connectivity index (χ1v) is 7.31. The predicted octanol–water partition coefficient (Wildman–Crippen LogP) is 2.34. The summed E-state index contributed by atoms with van der Waals surface area (Å²) in [5.41, 5.74) is 0. The van der Waals surface area contributed by atoms with E-state index in [2.05, 4.69) is 32.9 Å². The minimum atomic E-state index is 0.714. The van der Waals surface area contributed by atoms with Gasteiger partial charge in [-0.1, -0.05) is 0 Å². The van der Waals surface area contributed by atoms with Crippen LogP contribution in [0.25, 0.3) is 0 Å². The molecule has 1 fully saturated rings. The molecule has 1 unspecified atom stereocenters. The molecule has 72 valence electrons. The Kier molecular flexibility index (Phi) is 3.88. The van der Waals surface area contributed by atoms with Crippen LogP contribution in [0.3, 0.4) is 0 Å². The van der Waals surface area contributed by atoms with Crippen LogP contribution in [0.15, 0.2) is 6.20 Å². The highest BCUT2D eigenvalue weighted by Crippen LogP contribution is 2.19. The van der Waals surface area contributed by atoms with Crippen molar-refractivity contribution in [2.45, 2.75) is 19.0 Å². The van der Waals surface area contributed by atoms with Gasteiger partial charge in [0.2, 0.25) is 0 Å². The summed E-state index contributed by atoms with van der Waals surface area (Å²) < 4.78 is 1.27. The summed E-state index contributed by atoms with van der Waals surface area (Å²) >= 11 is 6.13. The molecule has 0 aromatic carbocycles. The van der Waals surface area contributed by atoms with E-state index in [1.54, 1.807) is 11.3 Å². The second-order valence-electron chi connectivity index (χ2n) is 3.00. The molecule has 1 aliphatic heterocycles. The van der Waals surface area contributed by atoms with Crippen LogP contribution in [0.4, 0.5) is 0 Å². The SMILES string of the molecule is Ic1cnc(CNC2CCSC2)s1. The maximum absolute atomic E-state index is 4.32. The van der Waals surface area contributed by atoms with E-state index in [-0.39, 0.29) is 0 Å². The Morgan fingerprint density at radius 2 is 2.62 bits per heavy atom. The Labute approximate surface area is 100 Å². The summed E-state index contributed by atoms with van der Waals surface area (Å²) in [5.74, 6) is 2.58. The van der Waals surface area contributed by atoms with E-state index in [1.807, 2.05) is 18.0 Å². The van der Waals surface area contributed by atoms with Gasteiger partial charge in [-0.25, -0.2) is 4.98 Å². The molecule has 1 N–H and O–H groups in total. The van der Waals surface area contributed by atoms with Gasteiger partial charge in [-0.15, -0.1) is 11.3 Å². The Bertz CT molecular complexity index is 271. The highest BCUT2D eigenvalue weighted by molar-refractivity contribution is 14.1. The molecule has 1 aromatic heterocycles. The lowest BCUT2D eigenvalue weighted by Gasteiger charge is -2.08. The molecule has 0 saturated carbocycles. The first-order chi connectivity index (χ1) is 6.34. The van der Waals surface area contributed by atoms with E-state index in [9.17, 15) is 0 Å². The van der Waals surface area contributed by atoms with Gasteiger partial charge >= 0.3 is 0 Å². The molecule has 0 radical (unpaired) electrons. The predicted molar refractivity (Wildman–Crippen MR) is 67.4 cm³/mol. The molecule has 2 heterocycles. The second-order valence-corrected chi connectivity index (χ2v) is 7.16. The molecule has 2 rings (SSSR count). The Hall–Kier alpha value is 0.670. The number of rotatable bonds is 3. The zero-order chi connectivity index (χ0) is 9.10. The number of hydrogen-bond acceptors (Lipinski definition) is 4. The van der Waals surface area contributed by atoms with Gasteiger partial charge in [-0.05, 0) is 34.8 Å². The molecule has 0 amide bonds. The van der Waals surface area contributed by atoms with Crippen molar-refractivity contribution in [3.05, 3.63) is 14.1 Å². The van der Waals surface area contributed by atoms with E-state index >= 15 is 0 Å². The van der Waals surface area contributed by atoms with E-state index in [0.29, 0.717) is 6.04 Å². The molecule has 1 saturated heterocycles. The number of aromatic nitrogens is 1. The number of nitrogens with one attached hydrogen (secondary N) is 1. The van der Waals surface area contributed by atoms with Gasteiger partial charge in [0.15, 0.2) is 0 Å². The number of thiazole rings is 1. The highest BCUT2D eigenvalue weighted by Gasteiger charge is 2.14. The van der Waals surface area contributed by atoms with Crippen LogP contribution in [0, 0.1) is 2.88 Å². The maximum atomic E-state index is 4.32. The summed E-state index contributed by atoms with van der Waals surface area (Å²) in [6.07, 6.45) is 3.25. The zero-order valence-electron chi connectivity index (χ0n) is 7.12. The van der Waals surface area contributed by atoms with Crippen LogP contribution in [0.5, 0.6) is 0 Å². The van der Waals surface area contributed by atoms with E-state index in [4.69, 9.17) is 0 Å². The standard InChI is InChI=1S/C8H11IN2S2/c9-7-3-11-8(13-7)4-10-6-1-2-12-5-6/h3,6,10H,1-2,4-5H2. The Balaban J connectivity index is 1.78. The van der Waals surface area contributed by atoms with Crippen molar-refractivity contribution < 1.29 is 0 Å². The van der Waals surface area contributed by atoms with Gasteiger partial charge in [-0.3, -0.25) is 0 Å². The summed E-state index contributed by atoms with van der Waals surface area (Å²) in [4.78, 5) is 4.32. The van der Waals surface area contributed by atoms with Crippen LogP contribution in [-0.2, 0) is 6.54 Å². The van der Waals surface area contributed by atoms with Gasteiger partial charge in [0.25, 0.3) is 0 Å². The molecule has 1 aromatic rings. The van der Waals surface area contributed by atoms with Crippen LogP contribution >= 0.6 is 45.7 Å². The van der Waals surface area contributed by atoms with Gasteiger partial charge in [0.05, 0.1) is 9.08 Å². The molecule has 13 heavy (non-hydrogen) atoms. The number of halogens is 1. The Morgan fingerprint density at radius 3 is 3.23 bits per heavy atom. The average Bonchev–Trinajstić information content (AvgIpc) is 2.71. The van der Waals surface area contributed by atoms with Crippen molar-refractivity contribution in [1.82, 2.24) is 10.3 Å². The molecule has 1 aliphatic rings. The third-order valence-electron chi connectivity index (χ3n) is 2.00. The third-order valence-corrected chi connectivity index (χ3v) is 4.88. The normalized spacial score (nSPS) is 22.4. The van der Waals surface area contributed by atoms with Crippen LogP contribution < -0.4 is 5.32 Å². The highest BCUT2D eigenvalue weighted by atomic mass is 127. The number of nitrogens with zero attached hydrogens (tertiary/aromatic N) is 1. The summed E-state index contributed by atoms with van der Waals surface area (Å²) in [6.45, 7) is 0.943. The average molecular weight is 326 g/mol. The van der Waals surface area contributed by atoms with E-state index in [1.165, 1.54) is 25.8 Å². The minimum absolute atomic E-state index is 0.714. The van der Waals surface area contributed by atoms with Gasteiger partial charge in [0.1, 0.15) is 5.01 Å². The fraction of sp³-hybridized carbons (Fsp3) is 0.625. The van der Waals surface area contributed by atoms with Crippen molar-refractivity contribution in [3.63, 3.8) is 0 Å². The van der Waals surface area contributed by atoms with E-state index in [0.717, 1.165) is 6.54 Å². The largest absolute Gasteiger partial charge is 0.307 e. The van der Waals surface area contributed by atoms with Gasteiger partial charge < -0.3 is 5.32 Å². The summed E-state index contributed by atoms with van der Waals surface area (Å²) in [7, 11) is 0. The Morgan fingerprint density at radius 1 is 1.69 bits per heavy atom. The maximum Gasteiger partial charge on any atom is 0.107 e. The fourth-order valence-electron chi connectivity index (χ4n) is 1.30. The monoisotopic (exact) mass is 326 g/mol. The van der Waals surface area contributed by atoms with Crippen molar-refractivity contribution in [1.29, 1.82) is 0 Å². The van der Waals surface area contributed by atoms with Gasteiger partial charge in [-0.2, -0.15) is 11.8 Å². The van der Waals surface area contributed by atoms with Crippen molar-refractivity contribution in [3.8, 4) is 0 Å². The summed E-state index contributed by atoms with van der Waals surface area (Å²) in [6, 6.07) is 0.714. The summed E-state index contributed by atoms with van der Waals surface area (Å²) in [5, 5.41) is 4.74. The van der Waals surface area contributed by atoms with Crippen LogP contribution in [-0.4, -0.2) is 22.5 Å². The molecule has 5 heteroatoms. The molecule has 0 bridgehead atoms. The zero-order valence-corrected chi connectivity index (χ0v) is 10.9. The van der Waals surface area contributed by atoms with Crippen molar-refractivity contribution in [2.24, 2.45) is 0 Å². The lowest BCUT2D eigenvalue weighted by Crippen LogP contribution is -2.27. The molecule has 1 atom stereocenters. The first kappa shape index (κ1) is 10.2. The second kappa shape index (κ2) is 4.95. The van der Waals surface area contributed by atoms with Crippen molar-refractivity contribution >= 4 is 45.7 Å². The topological polar surface area (TPSA) is 24.9 Å². The minimum Gasteiger partial charge on any atom is -0.307 e. The molecule has 2 nitrogen and oxygen atoms in total. The molecular formula is C8H11IN2S2. The van der Waals surface area contributed by atoms with Crippen molar-refractivity contribution in [2.75, 3.05) is 11.5 Å². The molecule has 0 spiro atoms. The van der Waals surface area contributed by atoms with Crippen LogP contribution in [0.2, 0.25) is 0 Å². The molecular weight excluding hydrogens is 315 g/mol. The van der Waals surface area contributed by atoms with Crippen LogP contribution in [0.1, 0.15) is 11.4 Å². The number of hydrogen-bond donors (Lipinski definition) is 1. The fourth-order valence-corrected chi connectivity index (χ4v) is 3.98. The van der Waals surface area contributed by atoms with E-state index < -0.39 is 0 Å². The lowest BCUT2D eigenvalue weighted by molar-refractivity contribution is 0.557.